The average molecular weight is 296 g/mol. The van der Waals surface area contributed by atoms with Crippen molar-refractivity contribution < 1.29 is 13.2 Å². The summed E-state index contributed by atoms with van der Waals surface area (Å²) in [7, 11) is 5.19. The van der Waals surface area contributed by atoms with E-state index < -0.39 is 11.5 Å². The van der Waals surface area contributed by atoms with Crippen molar-refractivity contribution in [2.24, 2.45) is 0 Å². The molecule has 1 aliphatic carbocycles. The van der Waals surface area contributed by atoms with Crippen molar-refractivity contribution >= 4 is 30.4 Å². The van der Waals surface area contributed by atoms with Crippen LogP contribution in [0.2, 0.25) is 5.31 Å². The van der Waals surface area contributed by atoms with Gasteiger partial charge in [-0.15, -0.1) is 0 Å². The zero-order valence-electron chi connectivity index (χ0n) is 6.48. The Bertz CT molecular complexity index is 290. The summed E-state index contributed by atoms with van der Waals surface area (Å²) in [4.78, 5) is 0. The van der Waals surface area contributed by atoms with Crippen LogP contribution in [0.3, 0.4) is 0 Å². The second kappa shape index (κ2) is 3.51. The third-order valence-corrected chi connectivity index (χ3v) is 2.28. The molecule has 0 amide bonds. The Hall–Kier alpha value is -0.195. The first-order valence-corrected chi connectivity index (χ1v) is 4.53. The molecule has 1 atom stereocenters. The van der Waals surface area contributed by atoms with E-state index in [9.17, 15) is 13.2 Å². The van der Waals surface area contributed by atoms with Gasteiger partial charge in [-0.1, -0.05) is 24.3 Å². The molecule has 0 aromatic carbocycles. The number of hydrogen-bond donors (Lipinski definition) is 0. The monoisotopic (exact) mass is 296 g/mol. The highest BCUT2D eigenvalue weighted by atomic mass is 127. The maximum atomic E-state index is 12.4. The molecule has 0 aromatic rings. The van der Waals surface area contributed by atoms with E-state index in [4.69, 9.17) is 7.85 Å². The van der Waals surface area contributed by atoms with Gasteiger partial charge in [0.15, 0.2) is 0 Å². The largest absolute Gasteiger partial charge is 0.393 e. The Kier molecular flexibility index (Phi) is 2.94. The second-order valence-electron chi connectivity index (χ2n) is 2.68. The molecule has 2 radical (unpaired) electrons. The minimum Gasteiger partial charge on any atom is -0.171 e. The van der Waals surface area contributed by atoms with Crippen molar-refractivity contribution in [2.45, 2.75) is 11.5 Å². The highest BCUT2D eigenvalue weighted by molar-refractivity contribution is 14.1. The van der Waals surface area contributed by atoms with Crippen molar-refractivity contribution in [1.29, 1.82) is 0 Å². The van der Waals surface area contributed by atoms with E-state index in [-0.39, 0.29) is 0 Å². The molecular formula is C8H5BF3I. The van der Waals surface area contributed by atoms with E-state index in [1.54, 1.807) is 28.7 Å². The summed E-state index contributed by atoms with van der Waals surface area (Å²) in [5.74, 6) is 0. The van der Waals surface area contributed by atoms with Gasteiger partial charge >= 0.3 is 6.18 Å². The van der Waals surface area contributed by atoms with Gasteiger partial charge < -0.3 is 0 Å². The SMILES string of the molecule is [B]C1(C(F)(F)F)C=CC=CC(I)=C1. The summed E-state index contributed by atoms with van der Waals surface area (Å²) in [5, 5.41) is -2.34. The third-order valence-electron chi connectivity index (χ3n) is 1.61. The van der Waals surface area contributed by atoms with E-state index in [2.05, 4.69) is 0 Å². The highest BCUT2D eigenvalue weighted by Crippen LogP contribution is 2.46. The van der Waals surface area contributed by atoms with E-state index in [1.807, 2.05) is 0 Å². The summed E-state index contributed by atoms with van der Waals surface area (Å²) in [6, 6.07) is 0. The fraction of sp³-hybridized carbons (Fsp3) is 0.250. The van der Waals surface area contributed by atoms with Crippen LogP contribution in [0, 0.1) is 0 Å². The molecule has 0 aliphatic heterocycles. The Balaban J connectivity index is 3.11. The lowest BCUT2D eigenvalue weighted by molar-refractivity contribution is -0.142. The molecule has 0 fully saturated rings. The topological polar surface area (TPSA) is 0 Å². The molecule has 1 aliphatic rings. The fourth-order valence-electron chi connectivity index (χ4n) is 0.863. The fourth-order valence-corrected chi connectivity index (χ4v) is 1.59. The number of hydrogen-bond acceptors (Lipinski definition) is 0. The molecule has 0 spiro atoms. The van der Waals surface area contributed by atoms with Gasteiger partial charge in [-0.25, -0.2) is 0 Å². The van der Waals surface area contributed by atoms with Gasteiger partial charge in [-0.3, -0.25) is 0 Å². The molecule has 5 heteroatoms. The Labute approximate surface area is 89.1 Å². The lowest BCUT2D eigenvalue weighted by Gasteiger charge is -2.25. The summed E-state index contributed by atoms with van der Waals surface area (Å²) in [6.07, 6.45) is 1.88. The molecule has 0 aromatic heterocycles. The van der Waals surface area contributed by atoms with Crippen LogP contribution in [0.15, 0.2) is 34.0 Å². The van der Waals surface area contributed by atoms with E-state index in [1.165, 1.54) is 12.2 Å². The van der Waals surface area contributed by atoms with Crippen molar-refractivity contribution in [2.75, 3.05) is 0 Å². The van der Waals surface area contributed by atoms with Crippen molar-refractivity contribution in [3.63, 3.8) is 0 Å². The summed E-state index contributed by atoms with van der Waals surface area (Å²) in [6.45, 7) is 0. The first kappa shape index (κ1) is 10.9. The predicted octanol–water partition coefficient (Wildman–Crippen LogP) is 3.32. The minimum atomic E-state index is -4.45. The van der Waals surface area contributed by atoms with Crippen LogP contribution in [0.4, 0.5) is 13.2 Å². The summed E-state index contributed by atoms with van der Waals surface area (Å²) in [5.41, 5.74) is 0. The first-order valence-electron chi connectivity index (χ1n) is 3.45. The number of allylic oxidation sites excluding steroid dienone is 6. The summed E-state index contributed by atoms with van der Waals surface area (Å²) < 4.78 is 37.8. The molecule has 1 rings (SSSR count). The molecule has 1 unspecified atom stereocenters. The molecule has 13 heavy (non-hydrogen) atoms. The average Bonchev–Trinajstić information content (AvgIpc) is 2.10. The normalized spacial score (nSPS) is 28.5. The number of rotatable bonds is 0. The second-order valence-corrected chi connectivity index (χ2v) is 3.92. The van der Waals surface area contributed by atoms with Gasteiger partial charge in [0.25, 0.3) is 0 Å². The molecular weight excluding hydrogens is 291 g/mol. The number of alkyl halides is 3. The molecule has 0 saturated heterocycles. The van der Waals surface area contributed by atoms with Crippen molar-refractivity contribution in [3.8, 4) is 0 Å². The van der Waals surface area contributed by atoms with Gasteiger partial charge in [-0.2, -0.15) is 13.2 Å². The zero-order chi connectivity index (χ0) is 10.1. The molecule has 0 heterocycles. The van der Waals surface area contributed by atoms with Crippen molar-refractivity contribution in [1.82, 2.24) is 0 Å². The van der Waals surface area contributed by atoms with Crippen LogP contribution in [0.25, 0.3) is 0 Å². The summed E-state index contributed by atoms with van der Waals surface area (Å²) >= 11 is 1.80. The molecule has 0 N–H and O–H groups in total. The standard InChI is InChI=1S/C8H5BF3I/c9-7(8(10,11)12)4-2-1-3-6(13)5-7/h1-5H. The Morgan fingerprint density at radius 3 is 2.46 bits per heavy atom. The van der Waals surface area contributed by atoms with Crippen molar-refractivity contribution in [3.05, 3.63) is 34.0 Å². The van der Waals surface area contributed by atoms with Gasteiger partial charge in [0.2, 0.25) is 0 Å². The van der Waals surface area contributed by atoms with E-state index in [0.717, 1.165) is 12.2 Å². The van der Waals surface area contributed by atoms with Crippen LogP contribution in [0.1, 0.15) is 0 Å². The maximum absolute atomic E-state index is 12.4. The Morgan fingerprint density at radius 1 is 1.31 bits per heavy atom. The molecule has 0 nitrogen and oxygen atoms in total. The molecule has 68 valence electrons. The van der Waals surface area contributed by atoms with Gasteiger partial charge in [0.1, 0.15) is 0 Å². The van der Waals surface area contributed by atoms with Crippen LogP contribution in [-0.4, -0.2) is 14.0 Å². The highest BCUT2D eigenvalue weighted by Gasteiger charge is 2.47. The maximum Gasteiger partial charge on any atom is 0.393 e. The van der Waals surface area contributed by atoms with Gasteiger partial charge in [0.05, 0.1) is 13.2 Å². The quantitative estimate of drug-likeness (QED) is 0.475. The van der Waals surface area contributed by atoms with Gasteiger partial charge in [-0.05, 0) is 28.7 Å². The zero-order valence-corrected chi connectivity index (χ0v) is 8.63. The lowest BCUT2D eigenvalue weighted by Crippen LogP contribution is -2.27. The van der Waals surface area contributed by atoms with E-state index >= 15 is 0 Å². The van der Waals surface area contributed by atoms with Gasteiger partial charge in [0, 0.05) is 3.58 Å². The molecule has 0 bridgehead atoms. The van der Waals surface area contributed by atoms with Crippen LogP contribution >= 0.6 is 22.6 Å². The predicted molar refractivity (Wildman–Crippen MR) is 54.9 cm³/mol. The van der Waals surface area contributed by atoms with E-state index in [0.29, 0.717) is 3.58 Å². The van der Waals surface area contributed by atoms with Crippen LogP contribution in [0.5, 0.6) is 0 Å². The minimum absolute atomic E-state index is 0.474. The lowest BCUT2D eigenvalue weighted by atomic mass is 9.68. The van der Waals surface area contributed by atoms with Crippen LogP contribution in [-0.2, 0) is 0 Å². The molecule has 0 saturated carbocycles. The van der Waals surface area contributed by atoms with Crippen LogP contribution < -0.4 is 0 Å². The smallest absolute Gasteiger partial charge is 0.171 e. The third kappa shape index (κ3) is 2.39. The Morgan fingerprint density at radius 2 is 1.92 bits per heavy atom. The first-order chi connectivity index (χ1) is 5.85. The number of halogens is 4.